The number of amides is 1. The third-order valence-corrected chi connectivity index (χ3v) is 4.84. The highest BCUT2D eigenvalue weighted by atomic mass is 127. The first kappa shape index (κ1) is 23.3. The zero-order valence-electron chi connectivity index (χ0n) is 15.4. The number of alkyl halides is 3. The molecule has 0 aromatic carbocycles. The number of nitrogens with one attached hydrogen (secondary N) is 1. The second kappa shape index (κ2) is 10.5. The predicted octanol–water partition coefficient (Wildman–Crippen LogP) is 1.76. The standard InChI is InChI=1S/C16H28F3N5O.HI/c1-13(14(25)23-7-3-4-8-23)22-9-11-24(12-10-22)15(20-2)21-6-5-16(17,18)19;/h13H,3-12H2,1-2H3,(H,20,21);1H. The van der Waals surface area contributed by atoms with Gasteiger partial charge in [0.2, 0.25) is 5.91 Å². The first-order valence-corrected chi connectivity index (χ1v) is 8.87. The minimum absolute atomic E-state index is 0. The number of guanidine groups is 1. The maximum absolute atomic E-state index is 12.5. The lowest BCUT2D eigenvalue weighted by Gasteiger charge is -2.39. The van der Waals surface area contributed by atoms with Gasteiger partial charge in [-0.25, -0.2) is 0 Å². The van der Waals surface area contributed by atoms with Crippen molar-refractivity contribution in [3.63, 3.8) is 0 Å². The van der Waals surface area contributed by atoms with Gasteiger partial charge >= 0.3 is 6.18 Å². The molecule has 0 aliphatic carbocycles. The van der Waals surface area contributed by atoms with E-state index in [1.165, 1.54) is 0 Å². The van der Waals surface area contributed by atoms with Gasteiger partial charge in [0.1, 0.15) is 0 Å². The topological polar surface area (TPSA) is 51.2 Å². The zero-order valence-corrected chi connectivity index (χ0v) is 17.7. The van der Waals surface area contributed by atoms with Crippen molar-refractivity contribution in [1.82, 2.24) is 20.0 Å². The maximum atomic E-state index is 12.5. The van der Waals surface area contributed by atoms with Gasteiger partial charge in [0, 0.05) is 52.9 Å². The van der Waals surface area contributed by atoms with Crippen LogP contribution in [0.25, 0.3) is 0 Å². The first-order chi connectivity index (χ1) is 11.8. The Morgan fingerprint density at radius 3 is 2.15 bits per heavy atom. The molecule has 1 atom stereocenters. The summed E-state index contributed by atoms with van der Waals surface area (Å²) in [6.45, 7) is 6.12. The molecular weight excluding hydrogens is 462 g/mol. The van der Waals surface area contributed by atoms with Crippen LogP contribution in [-0.2, 0) is 4.79 Å². The van der Waals surface area contributed by atoms with Crippen LogP contribution in [0.1, 0.15) is 26.2 Å². The zero-order chi connectivity index (χ0) is 18.4. The summed E-state index contributed by atoms with van der Waals surface area (Å²) in [5, 5.41) is 2.77. The molecule has 1 unspecified atom stereocenters. The molecule has 2 heterocycles. The smallest absolute Gasteiger partial charge is 0.356 e. The molecule has 10 heteroatoms. The van der Waals surface area contributed by atoms with Gasteiger partial charge in [-0.1, -0.05) is 0 Å². The summed E-state index contributed by atoms with van der Waals surface area (Å²) in [5.41, 5.74) is 0. The van der Waals surface area contributed by atoms with Gasteiger partial charge in [-0.15, -0.1) is 24.0 Å². The number of nitrogens with zero attached hydrogens (tertiary/aromatic N) is 4. The highest BCUT2D eigenvalue weighted by Crippen LogP contribution is 2.18. The van der Waals surface area contributed by atoms with Gasteiger partial charge in [-0.05, 0) is 19.8 Å². The Bertz CT molecular complexity index is 475. The Morgan fingerprint density at radius 1 is 1.08 bits per heavy atom. The summed E-state index contributed by atoms with van der Waals surface area (Å²) >= 11 is 0. The average Bonchev–Trinajstić information content (AvgIpc) is 3.11. The molecule has 0 saturated carbocycles. The molecule has 6 nitrogen and oxygen atoms in total. The Morgan fingerprint density at radius 2 is 1.65 bits per heavy atom. The lowest BCUT2D eigenvalue weighted by atomic mass is 10.2. The Kier molecular flexibility index (Phi) is 9.42. The molecule has 2 aliphatic rings. The van der Waals surface area contributed by atoms with Crippen molar-refractivity contribution < 1.29 is 18.0 Å². The van der Waals surface area contributed by atoms with Crippen LogP contribution in [0.15, 0.2) is 4.99 Å². The van der Waals surface area contributed by atoms with Gasteiger partial charge in [0.05, 0.1) is 12.5 Å². The number of piperazine rings is 1. The third kappa shape index (κ3) is 6.75. The van der Waals surface area contributed by atoms with E-state index in [4.69, 9.17) is 0 Å². The molecule has 2 rings (SSSR count). The molecular formula is C16H29F3IN5O. The molecule has 1 amide bonds. The molecule has 1 N–H and O–H groups in total. The van der Waals surface area contributed by atoms with Crippen LogP contribution in [0.2, 0.25) is 0 Å². The van der Waals surface area contributed by atoms with Crippen LogP contribution >= 0.6 is 24.0 Å². The Labute approximate surface area is 170 Å². The molecule has 0 aromatic rings. The molecule has 0 radical (unpaired) electrons. The first-order valence-electron chi connectivity index (χ1n) is 8.87. The minimum Gasteiger partial charge on any atom is -0.356 e. The van der Waals surface area contributed by atoms with E-state index in [-0.39, 0.29) is 42.5 Å². The van der Waals surface area contributed by atoms with E-state index in [1.54, 1.807) is 7.05 Å². The van der Waals surface area contributed by atoms with Gasteiger partial charge in [-0.2, -0.15) is 13.2 Å². The second-order valence-electron chi connectivity index (χ2n) is 6.57. The molecule has 2 fully saturated rings. The Hall–Kier alpha value is -0.780. The fourth-order valence-corrected chi connectivity index (χ4v) is 3.33. The fraction of sp³-hybridized carbons (Fsp3) is 0.875. The summed E-state index contributed by atoms with van der Waals surface area (Å²) in [6, 6.07) is -0.152. The van der Waals surface area contributed by atoms with E-state index in [2.05, 4.69) is 15.2 Å². The lowest BCUT2D eigenvalue weighted by Crippen LogP contribution is -2.57. The van der Waals surface area contributed by atoms with Crippen molar-refractivity contribution in [2.45, 2.75) is 38.4 Å². The van der Waals surface area contributed by atoms with E-state index in [0.29, 0.717) is 32.1 Å². The quantitative estimate of drug-likeness (QED) is 0.370. The van der Waals surface area contributed by atoms with Gasteiger partial charge in [0.15, 0.2) is 5.96 Å². The predicted molar refractivity (Wildman–Crippen MR) is 106 cm³/mol. The minimum atomic E-state index is -4.17. The normalized spacial score (nSPS) is 20.7. The van der Waals surface area contributed by atoms with Crippen LogP contribution in [0.4, 0.5) is 13.2 Å². The van der Waals surface area contributed by atoms with Crippen LogP contribution in [0, 0.1) is 0 Å². The SMILES string of the molecule is CN=C(NCCC(F)(F)F)N1CCN(C(C)C(=O)N2CCCC2)CC1.I. The van der Waals surface area contributed by atoms with Crippen molar-refractivity contribution in [2.75, 3.05) is 52.9 Å². The van der Waals surface area contributed by atoms with Crippen LogP contribution in [-0.4, -0.2) is 91.6 Å². The van der Waals surface area contributed by atoms with Gasteiger partial charge in [-0.3, -0.25) is 14.7 Å². The number of halogens is 4. The van der Waals surface area contributed by atoms with Crippen LogP contribution < -0.4 is 5.32 Å². The van der Waals surface area contributed by atoms with Gasteiger partial charge in [0.25, 0.3) is 0 Å². The largest absolute Gasteiger partial charge is 0.390 e. The maximum Gasteiger partial charge on any atom is 0.390 e. The Balaban J connectivity index is 0.00000338. The van der Waals surface area contributed by atoms with E-state index >= 15 is 0 Å². The summed E-state index contributed by atoms with van der Waals surface area (Å²) in [5.74, 6) is 0.668. The summed E-state index contributed by atoms with van der Waals surface area (Å²) in [6.07, 6.45) is -2.90. The van der Waals surface area contributed by atoms with E-state index < -0.39 is 12.6 Å². The third-order valence-electron chi connectivity index (χ3n) is 4.84. The number of aliphatic imine (C=N–C) groups is 1. The lowest BCUT2D eigenvalue weighted by molar-refractivity contribution is -0.135. The molecule has 0 aromatic heterocycles. The molecule has 2 saturated heterocycles. The average molecular weight is 491 g/mol. The van der Waals surface area contributed by atoms with Crippen molar-refractivity contribution in [2.24, 2.45) is 4.99 Å². The van der Waals surface area contributed by atoms with E-state index in [9.17, 15) is 18.0 Å². The van der Waals surface area contributed by atoms with Gasteiger partial charge < -0.3 is 15.1 Å². The van der Waals surface area contributed by atoms with E-state index in [0.717, 1.165) is 25.9 Å². The summed E-state index contributed by atoms with van der Waals surface area (Å²) < 4.78 is 36.8. The molecule has 0 bridgehead atoms. The molecule has 152 valence electrons. The van der Waals surface area contributed by atoms with Crippen LogP contribution in [0.3, 0.4) is 0 Å². The van der Waals surface area contributed by atoms with Crippen molar-refractivity contribution >= 4 is 35.8 Å². The summed E-state index contributed by atoms with van der Waals surface area (Å²) in [4.78, 5) is 22.6. The van der Waals surface area contributed by atoms with Crippen molar-refractivity contribution in [1.29, 1.82) is 0 Å². The van der Waals surface area contributed by atoms with Crippen molar-refractivity contribution in [3.05, 3.63) is 0 Å². The summed E-state index contributed by atoms with van der Waals surface area (Å²) in [7, 11) is 1.57. The van der Waals surface area contributed by atoms with Crippen molar-refractivity contribution in [3.8, 4) is 0 Å². The number of hydrogen-bond donors (Lipinski definition) is 1. The number of carbonyl (C=O) groups excluding carboxylic acids is 1. The van der Waals surface area contributed by atoms with E-state index in [1.807, 2.05) is 16.7 Å². The number of rotatable bonds is 4. The fourth-order valence-electron chi connectivity index (χ4n) is 3.33. The number of likely N-dealkylation sites (tertiary alicyclic amines) is 1. The monoisotopic (exact) mass is 491 g/mol. The molecule has 26 heavy (non-hydrogen) atoms. The second-order valence-corrected chi connectivity index (χ2v) is 6.57. The number of hydrogen-bond acceptors (Lipinski definition) is 3. The van der Waals surface area contributed by atoms with Crippen LogP contribution in [0.5, 0.6) is 0 Å². The number of carbonyl (C=O) groups is 1. The molecule has 2 aliphatic heterocycles. The highest BCUT2D eigenvalue weighted by molar-refractivity contribution is 14.0. The molecule has 0 spiro atoms. The highest BCUT2D eigenvalue weighted by Gasteiger charge is 2.31.